The molecular formula is C11H27NO2Si. The Kier molecular flexibility index (Phi) is 7.26. The Labute approximate surface area is 97.4 Å². The van der Waals surface area contributed by atoms with Crippen LogP contribution < -0.4 is 0 Å². The first-order valence-electron chi connectivity index (χ1n) is 6.45. The van der Waals surface area contributed by atoms with Crippen LogP contribution in [0.2, 0.25) is 12.1 Å². The van der Waals surface area contributed by atoms with Crippen molar-refractivity contribution in [3.63, 3.8) is 0 Å². The Morgan fingerprint density at radius 3 is 2.00 bits per heavy atom. The molecule has 0 fully saturated rings. The Morgan fingerprint density at radius 1 is 1.13 bits per heavy atom. The van der Waals surface area contributed by atoms with Crippen LogP contribution in [-0.2, 0) is 8.85 Å². The molecule has 0 aliphatic carbocycles. The van der Waals surface area contributed by atoms with Crippen molar-refractivity contribution in [2.24, 2.45) is 0 Å². The molecule has 0 aliphatic heterocycles. The van der Waals surface area contributed by atoms with Crippen molar-refractivity contribution in [1.82, 2.24) is 4.90 Å². The zero-order chi connectivity index (χ0) is 12.6. The highest BCUT2D eigenvalue weighted by Gasteiger charge is 2.34. The zero-order valence-corrected chi connectivity index (χ0v) is 11.9. The van der Waals surface area contributed by atoms with Gasteiger partial charge in [0.05, 0.1) is 0 Å². The van der Waals surface area contributed by atoms with E-state index in [1.54, 1.807) is 0 Å². The predicted octanol–water partition coefficient (Wildman–Crippen LogP) is 2.47. The van der Waals surface area contributed by atoms with E-state index in [0.29, 0.717) is 13.2 Å². The van der Waals surface area contributed by atoms with E-state index in [9.17, 15) is 0 Å². The van der Waals surface area contributed by atoms with Gasteiger partial charge in [0.25, 0.3) is 0 Å². The monoisotopic (exact) mass is 234 g/mol. The molecule has 92 valence electrons. The summed E-state index contributed by atoms with van der Waals surface area (Å²) < 4.78 is 19.6. The van der Waals surface area contributed by atoms with E-state index < -0.39 is 8.56 Å². The van der Waals surface area contributed by atoms with Crippen molar-refractivity contribution < 1.29 is 10.2 Å². The first-order chi connectivity index (χ1) is 7.51. The van der Waals surface area contributed by atoms with E-state index in [0.717, 1.165) is 18.5 Å². The minimum absolute atomic E-state index is 0.153. The average Bonchev–Trinajstić information content (AvgIpc) is 2.25. The molecule has 1 unspecified atom stereocenters. The van der Waals surface area contributed by atoms with Crippen molar-refractivity contribution >= 4 is 8.56 Å². The van der Waals surface area contributed by atoms with Crippen molar-refractivity contribution in [3.8, 4) is 0 Å². The number of rotatable bonds is 9. The second kappa shape index (κ2) is 8.27. The van der Waals surface area contributed by atoms with Crippen molar-refractivity contribution in [2.45, 2.75) is 39.3 Å². The lowest BCUT2D eigenvalue weighted by atomic mass is 10.5. The predicted molar refractivity (Wildman–Crippen MR) is 67.5 cm³/mol. The molecule has 0 aromatic carbocycles. The van der Waals surface area contributed by atoms with Crippen LogP contribution in [0.1, 0.15) is 28.6 Å². The standard InChI is InChI=1S/C11H27NO2Si/c1-6-13-15(8-3,14-7-2)11-9-10-12(4)5/h6-11H2,1-5H3/i10D. The summed E-state index contributed by atoms with van der Waals surface area (Å²) in [7, 11) is 1.85. The van der Waals surface area contributed by atoms with E-state index in [4.69, 9.17) is 10.2 Å². The van der Waals surface area contributed by atoms with Gasteiger partial charge in [-0.1, -0.05) is 6.92 Å². The first kappa shape index (κ1) is 13.2. The fourth-order valence-corrected chi connectivity index (χ4v) is 4.39. The molecule has 0 rings (SSSR count). The highest BCUT2D eigenvalue weighted by Crippen LogP contribution is 2.20. The van der Waals surface area contributed by atoms with Crippen molar-refractivity contribution in [3.05, 3.63) is 0 Å². The van der Waals surface area contributed by atoms with Gasteiger partial charge >= 0.3 is 8.56 Å². The maximum absolute atomic E-state index is 7.88. The molecule has 3 nitrogen and oxygen atoms in total. The Balaban J connectivity index is 4.29. The normalized spacial score (nSPS) is 15.5. The summed E-state index contributed by atoms with van der Waals surface area (Å²) in [6.07, 6.45) is 0.826. The molecular weight excluding hydrogens is 206 g/mol. The summed E-state index contributed by atoms with van der Waals surface area (Å²) in [6.45, 7) is 7.43. The average molecular weight is 234 g/mol. The molecule has 4 heteroatoms. The fourth-order valence-electron chi connectivity index (χ4n) is 1.64. The van der Waals surface area contributed by atoms with Crippen LogP contribution in [-0.4, -0.2) is 47.3 Å². The number of nitrogens with zero attached hydrogens (tertiary/aromatic N) is 1. The van der Waals surface area contributed by atoms with Gasteiger partial charge in [0.2, 0.25) is 0 Å². The number of hydrogen-bond acceptors (Lipinski definition) is 3. The summed E-state index contributed by atoms with van der Waals surface area (Å²) in [6, 6.07) is 1.88. The molecule has 0 saturated carbocycles. The molecule has 0 radical (unpaired) electrons. The molecule has 0 amide bonds. The van der Waals surface area contributed by atoms with Gasteiger partial charge in [0, 0.05) is 14.6 Å². The molecule has 0 saturated heterocycles. The van der Waals surface area contributed by atoms with Gasteiger partial charge in [-0.15, -0.1) is 0 Å². The number of hydrogen-bond donors (Lipinski definition) is 0. The minimum Gasteiger partial charge on any atom is -0.394 e. The lowest BCUT2D eigenvalue weighted by molar-refractivity contribution is 0.181. The van der Waals surface area contributed by atoms with Crippen molar-refractivity contribution in [1.29, 1.82) is 0 Å². The van der Waals surface area contributed by atoms with E-state index >= 15 is 0 Å². The van der Waals surface area contributed by atoms with Crippen LogP contribution >= 0.6 is 0 Å². The van der Waals surface area contributed by atoms with Gasteiger partial charge in [-0.05, 0) is 53.0 Å². The van der Waals surface area contributed by atoms with Gasteiger partial charge in [-0.3, -0.25) is 0 Å². The lowest BCUT2D eigenvalue weighted by Gasteiger charge is -2.29. The third-order valence-corrected chi connectivity index (χ3v) is 6.13. The van der Waals surface area contributed by atoms with E-state index in [2.05, 4.69) is 6.92 Å². The summed E-state index contributed by atoms with van der Waals surface area (Å²) in [5.74, 6) is 0. The third kappa shape index (κ3) is 6.30. The Hall–Kier alpha value is 0.0969. The van der Waals surface area contributed by atoms with Crippen LogP contribution in [0.5, 0.6) is 0 Å². The van der Waals surface area contributed by atoms with Crippen LogP contribution in [0.3, 0.4) is 0 Å². The van der Waals surface area contributed by atoms with E-state index in [1.165, 1.54) is 0 Å². The minimum atomic E-state index is -2.02. The second-order valence-corrected chi connectivity index (χ2v) is 7.42. The topological polar surface area (TPSA) is 21.7 Å². The van der Waals surface area contributed by atoms with Crippen LogP contribution in [0, 0.1) is 0 Å². The molecule has 0 aromatic rings. The largest absolute Gasteiger partial charge is 0.394 e. The maximum Gasteiger partial charge on any atom is 0.337 e. The third-order valence-electron chi connectivity index (χ3n) is 2.37. The Morgan fingerprint density at radius 2 is 1.67 bits per heavy atom. The van der Waals surface area contributed by atoms with Crippen LogP contribution in [0.4, 0.5) is 0 Å². The van der Waals surface area contributed by atoms with Crippen molar-refractivity contribution in [2.75, 3.05) is 33.8 Å². The second-order valence-electron chi connectivity index (χ2n) is 3.82. The van der Waals surface area contributed by atoms with Gasteiger partial charge in [0.15, 0.2) is 0 Å². The van der Waals surface area contributed by atoms with Gasteiger partial charge in [0.1, 0.15) is 0 Å². The quantitative estimate of drug-likeness (QED) is 0.572. The molecule has 0 aromatic heterocycles. The highest BCUT2D eigenvalue weighted by molar-refractivity contribution is 6.67. The molecule has 0 spiro atoms. The molecule has 0 aliphatic rings. The van der Waals surface area contributed by atoms with Crippen LogP contribution in [0.15, 0.2) is 0 Å². The molecule has 0 N–H and O–H groups in total. The fraction of sp³-hybridized carbons (Fsp3) is 1.00. The highest BCUT2D eigenvalue weighted by atomic mass is 28.4. The summed E-state index contributed by atoms with van der Waals surface area (Å²) in [5.41, 5.74) is 0. The molecule has 15 heavy (non-hydrogen) atoms. The summed E-state index contributed by atoms with van der Waals surface area (Å²) in [5, 5.41) is 0. The van der Waals surface area contributed by atoms with Gasteiger partial charge in [-0.25, -0.2) is 0 Å². The summed E-state index contributed by atoms with van der Waals surface area (Å²) >= 11 is 0. The smallest absolute Gasteiger partial charge is 0.337 e. The van der Waals surface area contributed by atoms with Gasteiger partial charge in [-0.2, -0.15) is 0 Å². The van der Waals surface area contributed by atoms with Gasteiger partial charge < -0.3 is 13.8 Å². The summed E-state index contributed by atoms with van der Waals surface area (Å²) in [4.78, 5) is 1.92. The molecule has 0 heterocycles. The SMILES string of the molecule is [2H]C(CC[Si](CC)(OCC)OCC)N(C)C. The molecule has 0 bridgehead atoms. The van der Waals surface area contributed by atoms with Crippen LogP contribution in [0.25, 0.3) is 0 Å². The van der Waals surface area contributed by atoms with E-state index in [1.807, 2.05) is 32.8 Å². The zero-order valence-electron chi connectivity index (χ0n) is 11.9. The lowest BCUT2D eigenvalue weighted by Crippen LogP contribution is -2.42. The molecule has 1 atom stereocenters. The Bertz CT molecular complexity index is 175. The first-order valence-corrected chi connectivity index (χ1v) is 8.11. The maximum atomic E-state index is 7.88. The van der Waals surface area contributed by atoms with E-state index in [-0.39, 0.29) is 6.52 Å².